The van der Waals surface area contributed by atoms with Crippen LogP contribution in [0.4, 0.5) is 5.82 Å². The van der Waals surface area contributed by atoms with Gasteiger partial charge in [-0.15, -0.1) is 0 Å². The number of fused-ring (bicyclic) bond motifs is 1. The molecule has 2 aromatic heterocycles. The molecule has 136 valence electrons. The largest absolute Gasteiger partial charge is 0.378 e. The highest BCUT2D eigenvalue weighted by molar-refractivity contribution is 8.26. The lowest BCUT2D eigenvalue weighted by Gasteiger charge is -2.09. The first-order chi connectivity index (χ1) is 13.2. The molecule has 0 bridgehead atoms. The number of rotatable bonds is 3. The van der Waals surface area contributed by atoms with Crippen molar-refractivity contribution in [2.24, 2.45) is 16.6 Å². The smallest absolute Gasteiger partial charge is 0.166 e. The lowest BCUT2D eigenvalue weighted by atomic mass is 10.1. The van der Waals surface area contributed by atoms with Crippen molar-refractivity contribution in [2.75, 3.05) is 0 Å². The summed E-state index contributed by atoms with van der Waals surface area (Å²) in [6.45, 7) is 0. The van der Waals surface area contributed by atoms with Gasteiger partial charge in [-0.25, -0.2) is 9.98 Å². The van der Waals surface area contributed by atoms with Crippen molar-refractivity contribution in [2.45, 2.75) is 25.7 Å². The summed E-state index contributed by atoms with van der Waals surface area (Å²) in [4.78, 5) is 13.5. The number of pyridine rings is 2. The predicted molar refractivity (Wildman–Crippen MR) is 114 cm³/mol. The van der Waals surface area contributed by atoms with Crippen LogP contribution in [0.3, 0.4) is 0 Å². The zero-order valence-electron chi connectivity index (χ0n) is 14.9. The van der Waals surface area contributed by atoms with Crippen molar-refractivity contribution < 1.29 is 0 Å². The Morgan fingerprint density at radius 2 is 1.81 bits per heavy atom. The van der Waals surface area contributed by atoms with Gasteiger partial charge in [0.15, 0.2) is 11.0 Å². The van der Waals surface area contributed by atoms with E-state index in [1.54, 1.807) is 0 Å². The van der Waals surface area contributed by atoms with Gasteiger partial charge in [0.1, 0.15) is 0 Å². The minimum absolute atomic E-state index is 0.339. The number of hydrogen-bond acceptors (Lipinski definition) is 5. The maximum absolute atomic E-state index is 8.21. The van der Waals surface area contributed by atoms with Gasteiger partial charge in [0.25, 0.3) is 0 Å². The average Bonchev–Trinajstić information content (AvgIpc) is 3.23. The van der Waals surface area contributed by atoms with E-state index in [0.717, 1.165) is 35.0 Å². The van der Waals surface area contributed by atoms with Crippen LogP contribution in [0.15, 0.2) is 59.7 Å². The first-order valence-electron chi connectivity index (χ1n) is 9.12. The van der Waals surface area contributed by atoms with Gasteiger partial charge >= 0.3 is 0 Å². The van der Waals surface area contributed by atoms with Crippen LogP contribution in [-0.2, 0) is 0 Å². The van der Waals surface area contributed by atoms with Gasteiger partial charge in [0, 0.05) is 17.7 Å². The van der Waals surface area contributed by atoms with Crippen molar-refractivity contribution in [3.8, 4) is 11.1 Å². The Hall–Kier alpha value is -2.73. The van der Waals surface area contributed by atoms with Crippen molar-refractivity contribution in [3.63, 3.8) is 0 Å². The van der Waals surface area contributed by atoms with Gasteiger partial charge in [-0.3, -0.25) is 10.4 Å². The van der Waals surface area contributed by atoms with Gasteiger partial charge in [-0.05, 0) is 48.4 Å². The highest BCUT2D eigenvalue weighted by Crippen LogP contribution is 2.30. The molecule has 0 spiro atoms. The number of amidine groups is 1. The molecule has 6 heteroatoms. The molecule has 0 saturated heterocycles. The Bertz CT molecular complexity index is 994. The number of nitrogens with one attached hydrogen (secondary N) is 1. The molecular formula is C21H21N5S. The summed E-state index contributed by atoms with van der Waals surface area (Å²) in [5.41, 5.74) is 9.77. The molecule has 1 aliphatic carbocycles. The van der Waals surface area contributed by atoms with E-state index in [9.17, 15) is 0 Å². The molecule has 1 aromatic carbocycles. The van der Waals surface area contributed by atoms with E-state index in [4.69, 9.17) is 11.1 Å². The van der Waals surface area contributed by atoms with E-state index >= 15 is 0 Å². The summed E-state index contributed by atoms with van der Waals surface area (Å²) < 4.78 is 0. The van der Waals surface area contributed by atoms with E-state index in [1.165, 1.54) is 24.6 Å². The average molecular weight is 376 g/mol. The number of thioether (sulfide) groups is 1. The Balaban J connectivity index is 1.57. The Kier molecular flexibility index (Phi) is 5.16. The SMILES string of the molecule is N=C(SC(N)=Nc1ccc2ncc(-c3ccccc3)cc2n1)C1CCCC1. The third kappa shape index (κ3) is 4.17. The molecule has 3 N–H and O–H groups in total. The van der Waals surface area contributed by atoms with Gasteiger partial charge in [0.05, 0.1) is 16.1 Å². The number of nitrogens with two attached hydrogens (primary N) is 1. The van der Waals surface area contributed by atoms with E-state index in [1.807, 2.05) is 54.7 Å². The zero-order valence-corrected chi connectivity index (χ0v) is 15.7. The monoisotopic (exact) mass is 375 g/mol. The van der Waals surface area contributed by atoms with Crippen molar-refractivity contribution in [1.29, 1.82) is 5.41 Å². The maximum atomic E-state index is 8.21. The van der Waals surface area contributed by atoms with Crippen LogP contribution in [0.2, 0.25) is 0 Å². The zero-order chi connectivity index (χ0) is 18.6. The quantitative estimate of drug-likeness (QED) is 0.490. The first-order valence-corrected chi connectivity index (χ1v) is 9.93. The summed E-state index contributed by atoms with van der Waals surface area (Å²) >= 11 is 1.25. The minimum Gasteiger partial charge on any atom is -0.378 e. The molecule has 4 rings (SSSR count). The fraction of sp³-hybridized carbons (Fsp3) is 0.238. The summed E-state index contributed by atoms with van der Waals surface area (Å²) in [5.74, 6) is 0.879. The van der Waals surface area contributed by atoms with Gasteiger partial charge in [-0.1, -0.05) is 43.2 Å². The van der Waals surface area contributed by atoms with Crippen LogP contribution in [0.25, 0.3) is 22.2 Å². The molecule has 5 nitrogen and oxygen atoms in total. The molecule has 27 heavy (non-hydrogen) atoms. The number of nitrogens with zero attached hydrogens (tertiary/aromatic N) is 3. The van der Waals surface area contributed by atoms with Crippen molar-refractivity contribution in [3.05, 3.63) is 54.7 Å². The van der Waals surface area contributed by atoms with Gasteiger partial charge < -0.3 is 5.73 Å². The van der Waals surface area contributed by atoms with Gasteiger partial charge in [-0.2, -0.15) is 0 Å². The third-order valence-electron chi connectivity index (χ3n) is 4.80. The molecule has 3 aromatic rings. The van der Waals surface area contributed by atoms with Gasteiger partial charge in [0.2, 0.25) is 0 Å². The highest BCUT2D eigenvalue weighted by Gasteiger charge is 2.20. The number of aromatic nitrogens is 2. The third-order valence-corrected chi connectivity index (χ3v) is 5.65. The Labute approximate surface area is 162 Å². The second kappa shape index (κ2) is 7.88. The maximum Gasteiger partial charge on any atom is 0.166 e. The van der Waals surface area contributed by atoms with Crippen LogP contribution in [0.5, 0.6) is 0 Å². The Morgan fingerprint density at radius 1 is 1.04 bits per heavy atom. The summed E-state index contributed by atoms with van der Waals surface area (Å²) in [5, 5.41) is 9.19. The molecule has 0 unspecified atom stereocenters. The molecule has 1 fully saturated rings. The summed E-state index contributed by atoms with van der Waals surface area (Å²) in [6.07, 6.45) is 6.43. The van der Waals surface area contributed by atoms with E-state index in [-0.39, 0.29) is 0 Å². The molecular weight excluding hydrogens is 354 g/mol. The topological polar surface area (TPSA) is 88.0 Å². The molecule has 0 amide bonds. The van der Waals surface area contributed by atoms with Crippen LogP contribution in [0.1, 0.15) is 25.7 Å². The Morgan fingerprint density at radius 3 is 2.59 bits per heavy atom. The van der Waals surface area contributed by atoms with E-state index < -0.39 is 0 Å². The second-order valence-corrected chi connectivity index (χ2v) is 7.76. The van der Waals surface area contributed by atoms with Crippen LogP contribution in [0, 0.1) is 11.3 Å². The lowest BCUT2D eigenvalue weighted by molar-refractivity contribution is 0.736. The molecule has 1 saturated carbocycles. The second-order valence-electron chi connectivity index (χ2n) is 6.70. The van der Waals surface area contributed by atoms with Crippen LogP contribution < -0.4 is 5.73 Å². The van der Waals surface area contributed by atoms with Crippen LogP contribution >= 0.6 is 11.8 Å². The number of hydrogen-bond donors (Lipinski definition) is 2. The number of benzene rings is 1. The fourth-order valence-corrected chi connectivity index (χ4v) is 4.13. The molecule has 0 aliphatic heterocycles. The molecule has 2 heterocycles. The first kappa shape index (κ1) is 17.7. The fourth-order valence-electron chi connectivity index (χ4n) is 3.37. The van der Waals surface area contributed by atoms with Crippen molar-refractivity contribution in [1.82, 2.24) is 9.97 Å². The standard InChI is InChI=1S/C21H21N5S/c22-20(15-8-4-5-9-15)27-21(23)26-19-11-10-17-18(25-19)12-16(13-24-17)14-6-2-1-3-7-14/h1-3,6-7,10-13,15,22H,4-5,8-9H2,(H2,23,25,26). The van der Waals surface area contributed by atoms with Crippen LogP contribution in [-0.4, -0.2) is 20.2 Å². The normalized spacial score (nSPS) is 15.3. The highest BCUT2D eigenvalue weighted by atomic mass is 32.2. The predicted octanol–water partition coefficient (Wildman–Crippen LogP) is 5.14. The molecule has 0 atom stereocenters. The summed E-state index contributed by atoms with van der Waals surface area (Å²) in [6, 6.07) is 15.8. The van der Waals surface area contributed by atoms with Crippen molar-refractivity contribution >= 4 is 38.8 Å². The number of aliphatic imine (C=N–C) groups is 1. The van der Waals surface area contributed by atoms with E-state index in [2.05, 4.69) is 15.0 Å². The summed E-state index contributed by atoms with van der Waals surface area (Å²) in [7, 11) is 0. The van der Waals surface area contributed by atoms with E-state index in [0.29, 0.717) is 21.9 Å². The molecule has 1 aliphatic rings. The minimum atomic E-state index is 0.339. The lowest BCUT2D eigenvalue weighted by Crippen LogP contribution is -2.14. The molecule has 0 radical (unpaired) electrons.